The van der Waals surface area contributed by atoms with E-state index in [1.54, 1.807) is 13.8 Å². The van der Waals surface area contributed by atoms with Crippen molar-refractivity contribution in [2.45, 2.75) is 32.2 Å². The number of hydrogen-bond donors (Lipinski definition) is 0. The Balaban J connectivity index is 3.69. The molecule has 0 amide bonds. The van der Waals surface area contributed by atoms with Crippen LogP contribution in [0.4, 0.5) is 0 Å². The van der Waals surface area contributed by atoms with Crippen LogP contribution in [-0.2, 0) is 9.53 Å². The largest absolute Gasteiger partial charge is 0.469 e. The Kier molecular flexibility index (Phi) is 3.71. The topological polar surface area (TPSA) is 55.7 Å². The molecular weight excluding hydrogens is 146 g/mol. The van der Waals surface area contributed by atoms with Crippen molar-refractivity contribution in [2.24, 2.45) is 5.18 Å². The predicted octanol–water partition coefficient (Wildman–Crippen LogP) is 1.48. The zero-order chi connectivity index (χ0) is 8.91. The molecule has 0 atom stereocenters. The maximum Gasteiger partial charge on any atom is 0.305 e. The number of rotatable bonds is 4. The Morgan fingerprint density at radius 1 is 1.55 bits per heavy atom. The fourth-order valence-electron chi connectivity index (χ4n) is 0.556. The number of ether oxygens (including phenoxy) is 1. The molecule has 11 heavy (non-hydrogen) atoms. The third-order valence-electron chi connectivity index (χ3n) is 1.42. The van der Waals surface area contributed by atoms with E-state index in [0.717, 1.165) is 0 Å². The summed E-state index contributed by atoms with van der Waals surface area (Å²) in [6.45, 7) is 3.37. The van der Waals surface area contributed by atoms with Gasteiger partial charge in [0, 0.05) is 6.42 Å². The van der Waals surface area contributed by atoms with Crippen molar-refractivity contribution in [3.63, 3.8) is 0 Å². The van der Waals surface area contributed by atoms with Gasteiger partial charge in [0.1, 0.15) is 0 Å². The average Bonchev–Trinajstić information content (AvgIpc) is 2.00. The molecule has 4 nitrogen and oxygen atoms in total. The van der Waals surface area contributed by atoms with Gasteiger partial charge < -0.3 is 4.74 Å². The molecule has 0 heterocycles. The van der Waals surface area contributed by atoms with Crippen molar-refractivity contribution < 1.29 is 9.53 Å². The highest BCUT2D eigenvalue weighted by Gasteiger charge is 2.19. The van der Waals surface area contributed by atoms with E-state index in [-0.39, 0.29) is 12.4 Å². The Morgan fingerprint density at radius 2 is 2.09 bits per heavy atom. The maximum atomic E-state index is 10.6. The van der Waals surface area contributed by atoms with Gasteiger partial charge in [0.2, 0.25) is 0 Å². The van der Waals surface area contributed by atoms with Crippen LogP contribution < -0.4 is 0 Å². The molecule has 4 heteroatoms. The Hall–Kier alpha value is -0.930. The summed E-state index contributed by atoms with van der Waals surface area (Å²) in [7, 11) is 1.32. The summed E-state index contributed by atoms with van der Waals surface area (Å²) in [4.78, 5) is 20.7. The Bertz CT molecular complexity index is 154. The number of esters is 1. The minimum Gasteiger partial charge on any atom is -0.469 e. The molecule has 0 spiro atoms. The highest BCUT2D eigenvalue weighted by atomic mass is 16.5. The average molecular weight is 159 g/mol. The molecule has 0 aliphatic heterocycles. The molecule has 0 aliphatic rings. The number of nitroso groups, excluding NO2 is 1. The normalized spacial score (nSPS) is 10.8. The third-order valence-corrected chi connectivity index (χ3v) is 1.42. The van der Waals surface area contributed by atoms with E-state index >= 15 is 0 Å². The summed E-state index contributed by atoms with van der Waals surface area (Å²) in [6, 6.07) is 0. The Labute approximate surface area is 65.9 Å². The van der Waals surface area contributed by atoms with Crippen LogP contribution in [0.1, 0.15) is 26.7 Å². The van der Waals surface area contributed by atoms with Gasteiger partial charge in [-0.2, -0.15) is 4.91 Å². The van der Waals surface area contributed by atoms with Gasteiger partial charge in [0.15, 0.2) is 0 Å². The van der Waals surface area contributed by atoms with Crippen LogP contribution in [0.15, 0.2) is 5.18 Å². The molecule has 0 bridgehead atoms. The molecule has 0 aromatic heterocycles. The van der Waals surface area contributed by atoms with Crippen LogP contribution in [0.3, 0.4) is 0 Å². The van der Waals surface area contributed by atoms with Crippen LogP contribution in [0.25, 0.3) is 0 Å². The van der Waals surface area contributed by atoms with E-state index in [2.05, 4.69) is 9.91 Å². The van der Waals surface area contributed by atoms with Crippen LogP contribution in [0, 0.1) is 4.91 Å². The fourth-order valence-corrected chi connectivity index (χ4v) is 0.556. The second-order valence-electron chi connectivity index (χ2n) is 2.98. The molecule has 0 N–H and O–H groups in total. The summed E-state index contributed by atoms with van der Waals surface area (Å²) < 4.78 is 4.41. The van der Waals surface area contributed by atoms with E-state index in [1.807, 2.05) is 0 Å². The molecule has 0 radical (unpaired) electrons. The Morgan fingerprint density at radius 3 is 2.45 bits per heavy atom. The van der Waals surface area contributed by atoms with Gasteiger partial charge >= 0.3 is 5.97 Å². The molecule has 0 saturated carbocycles. The highest BCUT2D eigenvalue weighted by Crippen LogP contribution is 2.15. The third kappa shape index (κ3) is 4.47. The number of nitrogens with zero attached hydrogens (tertiary/aromatic N) is 1. The molecule has 0 aromatic rings. The van der Waals surface area contributed by atoms with Gasteiger partial charge in [0.05, 0.1) is 12.6 Å². The minimum atomic E-state index is -0.659. The maximum absolute atomic E-state index is 10.6. The predicted molar refractivity (Wildman–Crippen MR) is 41.1 cm³/mol. The molecule has 0 saturated heterocycles. The van der Waals surface area contributed by atoms with Crippen molar-refractivity contribution in [1.29, 1.82) is 0 Å². The standard InChI is InChI=1S/C7H13NO3/c1-7(2,8-10)5-4-6(9)11-3/h4-5H2,1-3H3. The molecule has 0 fully saturated rings. The molecular formula is C7H13NO3. The van der Waals surface area contributed by atoms with E-state index in [4.69, 9.17) is 0 Å². The summed E-state index contributed by atoms with van der Waals surface area (Å²) in [5.41, 5.74) is -0.659. The van der Waals surface area contributed by atoms with Gasteiger partial charge in [-0.1, -0.05) is 5.18 Å². The second kappa shape index (κ2) is 4.05. The number of methoxy groups -OCH3 is 1. The summed E-state index contributed by atoms with van der Waals surface area (Å²) in [5.74, 6) is -0.304. The first-order valence-corrected chi connectivity index (χ1v) is 3.43. The first kappa shape index (κ1) is 10.1. The lowest BCUT2D eigenvalue weighted by Gasteiger charge is -2.12. The molecule has 0 aromatic carbocycles. The molecule has 64 valence electrons. The van der Waals surface area contributed by atoms with Crippen molar-refractivity contribution in [3.8, 4) is 0 Å². The number of hydrogen-bond acceptors (Lipinski definition) is 4. The lowest BCUT2D eigenvalue weighted by molar-refractivity contribution is -0.140. The summed E-state index contributed by atoms with van der Waals surface area (Å²) in [5, 5.41) is 2.87. The molecule has 0 rings (SSSR count). The van der Waals surface area contributed by atoms with Gasteiger partial charge in [-0.05, 0) is 20.3 Å². The first-order chi connectivity index (χ1) is 5.02. The van der Waals surface area contributed by atoms with Gasteiger partial charge in [-0.3, -0.25) is 4.79 Å². The first-order valence-electron chi connectivity index (χ1n) is 3.43. The molecule has 0 unspecified atom stereocenters. The second-order valence-corrected chi connectivity index (χ2v) is 2.98. The van der Waals surface area contributed by atoms with Crippen LogP contribution in [-0.4, -0.2) is 18.6 Å². The lowest BCUT2D eigenvalue weighted by atomic mass is 10.0. The van der Waals surface area contributed by atoms with Crippen molar-refractivity contribution >= 4 is 5.97 Å². The van der Waals surface area contributed by atoms with Gasteiger partial charge in [-0.15, -0.1) is 0 Å². The van der Waals surface area contributed by atoms with Gasteiger partial charge in [-0.25, -0.2) is 0 Å². The number of carbonyl (C=O) groups is 1. The zero-order valence-corrected chi connectivity index (χ0v) is 7.09. The zero-order valence-electron chi connectivity index (χ0n) is 7.09. The summed E-state index contributed by atoms with van der Waals surface area (Å²) in [6.07, 6.45) is 0.679. The lowest BCUT2D eigenvalue weighted by Crippen LogP contribution is -2.17. The van der Waals surface area contributed by atoms with Crippen molar-refractivity contribution in [3.05, 3.63) is 4.91 Å². The van der Waals surface area contributed by atoms with E-state index in [1.165, 1.54) is 7.11 Å². The highest BCUT2D eigenvalue weighted by molar-refractivity contribution is 5.69. The fraction of sp³-hybridized carbons (Fsp3) is 0.857. The minimum absolute atomic E-state index is 0.245. The SMILES string of the molecule is COC(=O)CCC(C)(C)N=O. The summed E-state index contributed by atoms with van der Waals surface area (Å²) >= 11 is 0. The van der Waals surface area contributed by atoms with E-state index < -0.39 is 5.54 Å². The van der Waals surface area contributed by atoms with Gasteiger partial charge in [0.25, 0.3) is 0 Å². The van der Waals surface area contributed by atoms with Crippen LogP contribution >= 0.6 is 0 Å². The van der Waals surface area contributed by atoms with E-state index in [9.17, 15) is 9.70 Å². The van der Waals surface area contributed by atoms with Crippen LogP contribution in [0.5, 0.6) is 0 Å². The monoisotopic (exact) mass is 159 g/mol. The van der Waals surface area contributed by atoms with Crippen molar-refractivity contribution in [1.82, 2.24) is 0 Å². The quantitative estimate of drug-likeness (QED) is 0.461. The molecule has 0 aliphatic carbocycles. The van der Waals surface area contributed by atoms with E-state index in [0.29, 0.717) is 6.42 Å². The van der Waals surface area contributed by atoms with Crippen molar-refractivity contribution in [2.75, 3.05) is 7.11 Å². The van der Waals surface area contributed by atoms with Crippen LogP contribution in [0.2, 0.25) is 0 Å². The number of carbonyl (C=O) groups excluding carboxylic acids is 1. The smallest absolute Gasteiger partial charge is 0.305 e.